The number of hydrogen-bond donors (Lipinski definition) is 1. The number of thiophene rings is 1. The maximum Gasteiger partial charge on any atom is 0.141 e. The molecule has 2 heterocycles. The number of rotatable bonds is 2. The lowest BCUT2D eigenvalue weighted by atomic mass is 10.5. The van der Waals surface area contributed by atoms with Gasteiger partial charge >= 0.3 is 0 Å². The first kappa shape index (κ1) is 7.49. The summed E-state index contributed by atoms with van der Waals surface area (Å²) in [5.41, 5.74) is 6.78. The van der Waals surface area contributed by atoms with Crippen molar-refractivity contribution in [1.82, 2.24) is 4.73 Å². The minimum absolute atomic E-state index is 0.629. The monoisotopic (exact) mass is 182 g/mol. The van der Waals surface area contributed by atoms with Crippen molar-refractivity contribution in [3.8, 4) is 0 Å². The second-order valence-electron chi connectivity index (χ2n) is 2.45. The van der Waals surface area contributed by atoms with Crippen LogP contribution in [0, 0.1) is 0 Å². The fraction of sp³-hybridized carbons (Fsp3) is 0.250. The van der Waals surface area contributed by atoms with E-state index in [1.807, 2.05) is 24.4 Å². The standard InChI is InChI=1S/C8H10N2OS/c1-2-11-10-6-3-4-12-7(6)5-8(10)9/h3-5H,2,9H2,1H3. The second-order valence-corrected chi connectivity index (χ2v) is 3.40. The Morgan fingerprint density at radius 3 is 3.25 bits per heavy atom. The molecule has 0 aliphatic rings. The number of aromatic nitrogens is 1. The van der Waals surface area contributed by atoms with Crippen LogP contribution in [0.2, 0.25) is 0 Å². The fourth-order valence-electron chi connectivity index (χ4n) is 1.20. The molecule has 0 saturated carbocycles. The maximum atomic E-state index is 5.73. The molecule has 4 heteroatoms. The normalized spacial score (nSPS) is 10.8. The Labute approximate surface area is 74.3 Å². The van der Waals surface area contributed by atoms with Crippen LogP contribution < -0.4 is 10.6 Å². The molecule has 2 aromatic heterocycles. The number of fused-ring (bicyclic) bond motifs is 1. The minimum atomic E-state index is 0.629. The van der Waals surface area contributed by atoms with Gasteiger partial charge in [0, 0.05) is 6.07 Å². The highest BCUT2D eigenvalue weighted by Crippen LogP contribution is 2.25. The Bertz CT molecular complexity index is 391. The molecule has 12 heavy (non-hydrogen) atoms. The predicted molar refractivity (Wildman–Crippen MR) is 51.3 cm³/mol. The summed E-state index contributed by atoms with van der Waals surface area (Å²) in [6.07, 6.45) is 0. The van der Waals surface area contributed by atoms with E-state index in [1.54, 1.807) is 16.1 Å². The Kier molecular flexibility index (Phi) is 1.69. The number of hydrogen-bond acceptors (Lipinski definition) is 3. The van der Waals surface area contributed by atoms with Gasteiger partial charge in [-0.3, -0.25) is 0 Å². The van der Waals surface area contributed by atoms with Crippen molar-refractivity contribution >= 4 is 27.4 Å². The molecule has 0 radical (unpaired) electrons. The van der Waals surface area contributed by atoms with Crippen molar-refractivity contribution in [2.24, 2.45) is 0 Å². The molecular formula is C8H10N2OS. The Morgan fingerprint density at radius 1 is 1.67 bits per heavy atom. The van der Waals surface area contributed by atoms with Crippen molar-refractivity contribution < 1.29 is 4.84 Å². The van der Waals surface area contributed by atoms with Crippen LogP contribution in [0.15, 0.2) is 17.5 Å². The molecule has 64 valence electrons. The molecule has 2 rings (SSSR count). The van der Waals surface area contributed by atoms with E-state index < -0.39 is 0 Å². The van der Waals surface area contributed by atoms with Gasteiger partial charge in [0.2, 0.25) is 0 Å². The van der Waals surface area contributed by atoms with E-state index in [0.717, 1.165) is 5.52 Å². The first-order chi connectivity index (χ1) is 5.83. The lowest BCUT2D eigenvalue weighted by molar-refractivity contribution is 0.137. The molecule has 3 nitrogen and oxygen atoms in total. The third-order valence-electron chi connectivity index (χ3n) is 1.66. The van der Waals surface area contributed by atoms with Crippen LogP contribution in [-0.4, -0.2) is 11.3 Å². The van der Waals surface area contributed by atoms with Crippen molar-refractivity contribution in [2.45, 2.75) is 6.92 Å². The van der Waals surface area contributed by atoms with Crippen molar-refractivity contribution in [2.75, 3.05) is 12.3 Å². The summed E-state index contributed by atoms with van der Waals surface area (Å²) in [5, 5.41) is 2.03. The average molecular weight is 182 g/mol. The van der Waals surface area contributed by atoms with E-state index in [9.17, 15) is 0 Å². The Balaban J connectivity index is 2.59. The van der Waals surface area contributed by atoms with E-state index >= 15 is 0 Å². The van der Waals surface area contributed by atoms with Gasteiger partial charge in [0.1, 0.15) is 17.9 Å². The third kappa shape index (κ3) is 0.956. The van der Waals surface area contributed by atoms with E-state index in [-0.39, 0.29) is 0 Å². The number of nitrogens with two attached hydrogens (primary N) is 1. The van der Waals surface area contributed by atoms with E-state index in [4.69, 9.17) is 10.6 Å². The molecule has 0 aromatic carbocycles. The predicted octanol–water partition coefficient (Wildman–Crippen LogP) is 1.73. The van der Waals surface area contributed by atoms with E-state index in [0.29, 0.717) is 12.4 Å². The summed E-state index contributed by atoms with van der Waals surface area (Å²) >= 11 is 1.67. The van der Waals surface area contributed by atoms with Gasteiger partial charge < -0.3 is 10.6 Å². The van der Waals surface area contributed by atoms with Gasteiger partial charge in [0.25, 0.3) is 0 Å². The van der Waals surface area contributed by atoms with Gasteiger partial charge in [-0.1, -0.05) is 0 Å². The van der Waals surface area contributed by atoms with Gasteiger partial charge in [-0.25, -0.2) is 0 Å². The molecule has 0 aliphatic heterocycles. The molecule has 0 fully saturated rings. The highest BCUT2D eigenvalue weighted by atomic mass is 32.1. The van der Waals surface area contributed by atoms with Crippen LogP contribution in [0.3, 0.4) is 0 Å². The van der Waals surface area contributed by atoms with Crippen LogP contribution in [-0.2, 0) is 0 Å². The van der Waals surface area contributed by atoms with Gasteiger partial charge in [-0.05, 0) is 18.4 Å². The lowest BCUT2D eigenvalue weighted by Crippen LogP contribution is -2.12. The SMILES string of the molecule is CCOn1c(N)cc2sccc21. The lowest BCUT2D eigenvalue weighted by Gasteiger charge is -2.05. The van der Waals surface area contributed by atoms with Crippen LogP contribution in [0.5, 0.6) is 0 Å². The molecule has 0 amide bonds. The first-order valence-electron chi connectivity index (χ1n) is 3.80. The van der Waals surface area contributed by atoms with Crippen molar-refractivity contribution in [3.05, 3.63) is 17.5 Å². The zero-order chi connectivity index (χ0) is 8.55. The summed E-state index contributed by atoms with van der Waals surface area (Å²) < 4.78 is 2.84. The van der Waals surface area contributed by atoms with Gasteiger partial charge in [0.15, 0.2) is 0 Å². The zero-order valence-electron chi connectivity index (χ0n) is 6.78. The second kappa shape index (κ2) is 2.71. The number of anilines is 1. The molecule has 0 saturated heterocycles. The highest BCUT2D eigenvalue weighted by molar-refractivity contribution is 7.17. The summed E-state index contributed by atoms with van der Waals surface area (Å²) in [6.45, 7) is 2.57. The molecule has 0 atom stereocenters. The quantitative estimate of drug-likeness (QED) is 0.768. The molecule has 0 bridgehead atoms. The van der Waals surface area contributed by atoms with E-state index in [2.05, 4.69) is 0 Å². The topological polar surface area (TPSA) is 40.2 Å². The molecule has 2 N–H and O–H groups in total. The Morgan fingerprint density at radius 2 is 2.50 bits per heavy atom. The van der Waals surface area contributed by atoms with Gasteiger partial charge in [-0.2, -0.15) is 4.73 Å². The highest BCUT2D eigenvalue weighted by Gasteiger charge is 2.06. The summed E-state index contributed by atoms with van der Waals surface area (Å²) in [4.78, 5) is 5.35. The molecule has 0 spiro atoms. The Hall–Kier alpha value is -1.16. The van der Waals surface area contributed by atoms with Crippen LogP contribution >= 0.6 is 11.3 Å². The minimum Gasteiger partial charge on any atom is -0.412 e. The van der Waals surface area contributed by atoms with Crippen LogP contribution in [0.1, 0.15) is 6.92 Å². The number of nitrogen functional groups attached to an aromatic ring is 1. The molecule has 0 unspecified atom stereocenters. The molecular weight excluding hydrogens is 172 g/mol. The summed E-state index contributed by atoms with van der Waals surface area (Å²) in [5.74, 6) is 0.665. The average Bonchev–Trinajstić information content (AvgIpc) is 2.56. The summed E-state index contributed by atoms with van der Waals surface area (Å²) in [7, 11) is 0. The smallest absolute Gasteiger partial charge is 0.141 e. The van der Waals surface area contributed by atoms with Crippen LogP contribution in [0.4, 0.5) is 5.82 Å². The third-order valence-corrected chi connectivity index (χ3v) is 2.52. The van der Waals surface area contributed by atoms with Crippen molar-refractivity contribution in [3.63, 3.8) is 0 Å². The van der Waals surface area contributed by atoms with Gasteiger partial charge in [-0.15, -0.1) is 11.3 Å². The maximum absolute atomic E-state index is 5.73. The largest absolute Gasteiger partial charge is 0.412 e. The van der Waals surface area contributed by atoms with Crippen LogP contribution in [0.25, 0.3) is 10.2 Å². The first-order valence-corrected chi connectivity index (χ1v) is 4.68. The van der Waals surface area contributed by atoms with Gasteiger partial charge in [0.05, 0.1) is 4.70 Å². The molecule has 0 aliphatic carbocycles. The zero-order valence-corrected chi connectivity index (χ0v) is 7.60. The number of nitrogens with zero attached hydrogens (tertiary/aromatic N) is 1. The fourth-order valence-corrected chi connectivity index (χ4v) is 2.00. The molecule has 2 aromatic rings. The summed E-state index contributed by atoms with van der Waals surface area (Å²) in [6, 6.07) is 3.93. The van der Waals surface area contributed by atoms with E-state index in [1.165, 1.54) is 4.70 Å². The van der Waals surface area contributed by atoms with Crippen molar-refractivity contribution in [1.29, 1.82) is 0 Å².